The monoisotopic (exact) mass is 380 g/mol. The molecule has 3 aromatic heterocycles. The first-order chi connectivity index (χ1) is 13.6. The van der Waals surface area contributed by atoms with Crippen LogP contribution in [0.15, 0.2) is 49.1 Å². The molecule has 3 heterocycles. The van der Waals surface area contributed by atoms with Crippen molar-refractivity contribution >= 4 is 11.0 Å². The normalized spacial score (nSPS) is 14.0. The minimum Gasteiger partial charge on any atom is -0.327 e. The number of nitrogens with zero attached hydrogens (tertiary/aromatic N) is 4. The predicted molar refractivity (Wildman–Crippen MR) is 98.2 cm³/mol. The fourth-order valence-electron chi connectivity index (χ4n) is 3.42. The summed E-state index contributed by atoms with van der Waals surface area (Å²) >= 11 is 0. The number of halogens is 3. The second kappa shape index (κ2) is 6.44. The van der Waals surface area contributed by atoms with Gasteiger partial charge in [-0.3, -0.25) is 0 Å². The standard InChI is InChI=1S/C21H15F3N4/c22-14-6-18(23)17(19(24)7-14)11-28-10-16(15-2-1-5-25-21(15)28)20-26-8-13(9-27-20)12-3-4-12/h1-2,5-10,12H,3-4,11H2. The van der Waals surface area contributed by atoms with Crippen molar-refractivity contribution in [1.82, 2.24) is 19.5 Å². The van der Waals surface area contributed by atoms with Gasteiger partial charge in [0.05, 0.1) is 6.54 Å². The molecule has 1 aliphatic carbocycles. The summed E-state index contributed by atoms with van der Waals surface area (Å²) in [5.41, 5.74) is 2.19. The molecule has 0 saturated heterocycles. The molecule has 1 fully saturated rings. The molecule has 140 valence electrons. The van der Waals surface area contributed by atoms with Crippen molar-refractivity contribution in [3.63, 3.8) is 0 Å². The van der Waals surface area contributed by atoms with Gasteiger partial charge in [-0.25, -0.2) is 28.1 Å². The summed E-state index contributed by atoms with van der Waals surface area (Å²) < 4.78 is 43.1. The number of pyridine rings is 1. The van der Waals surface area contributed by atoms with Crippen molar-refractivity contribution in [1.29, 1.82) is 0 Å². The summed E-state index contributed by atoms with van der Waals surface area (Å²) in [4.78, 5) is 13.3. The van der Waals surface area contributed by atoms with Gasteiger partial charge in [0.15, 0.2) is 5.82 Å². The van der Waals surface area contributed by atoms with Crippen LogP contribution in [0.2, 0.25) is 0 Å². The van der Waals surface area contributed by atoms with Crippen molar-refractivity contribution in [3.8, 4) is 11.4 Å². The van der Waals surface area contributed by atoms with Crippen LogP contribution in [0, 0.1) is 17.5 Å². The summed E-state index contributed by atoms with van der Waals surface area (Å²) in [6, 6.07) is 5.01. The first kappa shape index (κ1) is 16.9. The highest BCUT2D eigenvalue weighted by Gasteiger charge is 2.24. The maximum absolute atomic E-state index is 14.1. The Morgan fingerprint density at radius 1 is 1.00 bits per heavy atom. The SMILES string of the molecule is Fc1cc(F)c(Cn2cc(-c3ncc(C4CC4)cn3)c3cccnc32)c(F)c1. The zero-order valence-electron chi connectivity index (χ0n) is 14.7. The number of fused-ring (bicyclic) bond motifs is 1. The molecule has 0 aliphatic heterocycles. The molecule has 1 aromatic carbocycles. The second-order valence-corrected chi connectivity index (χ2v) is 7.01. The molecule has 4 nitrogen and oxygen atoms in total. The van der Waals surface area contributed by atoms with Crippen molar-refractivity contribution in [2.75, 3.05) is 0 Å². The van der Waals surface area contributed by atoms with E-state index in [0.29, 0.717) is 29.5 Å². The summed E-state index contributed by atoms with van der Waals surface area (Å²) in [7, 11) is 0. The average Bonchev–Trinajstić information content (AvgIpc) is 3.47. The minimum absolute atomic E-state index is 0.119. The highest BCUT2D eigenvalue weighted by molar-refractivity contribution is 5.92. The maximum Gasteiger partial charge on any atom is 0.161 e. The third-order valence-corrected chi connectivity index (χ3v) is 5.03. The Bertz CT molecular complexity index is 1160. The highest BCUT2D eigenvalue weighted by Crippen LogP contribution is 2.39. The van der Waals surface area contributed by atoms with Crippen LogP contribution in [-0.2, 0) is 6.54 Å². The van der Waals surface area contributed by atoms with Crippen LogP contribution in [0.4, 0.5) is 13.2 Å². The van der Waals surface area contributed by atoms with E-state index < -0.39 is 17.5 Å². The van der Waals surface area contributed by atoms with E-state index in [9.17, 15) is 13.2 Å². The summed E-state index contributed by atoms with van der Waals surface area (Å²) in [5.74, 6) is -1.72. The Kier molecular flexibility index (Phi) is 3.89. The summed E-state index contributed by atoms with van der Waals surface area (Å²) in [6.45, 7) is -0.119. The topological polar surface area (TPSA) is 43.6 Å². The summed E-state index contributed by atoms with van der Waals surface area (Å²) in [5, 5.41) is 0.782. The van der Waals surface area contributed by atoms with Crippen LogP contribution in [-0.4, -0.2) is 19.5 Å². The van der Waals surface area contributed by atoms with Gasteiger partial charge in [0, 0.05) is 53.4 Å². The number of aromatic nitrogens is 4. The van der Waals surface area contributed by atoms with Crippen LogP contribution in [0.25, 0.3) is 22.4 Å². The summed E-state index contributed by atoms with van der Waals surface area (Å²) in [6.07, 6.45) is 9.34. The van der Waals surface area contributed by atoms with Crippen LogP contribution in [0.3, 0.4) is 0 Å². The van der Waals surface area contributed by atoms with Gasteiger partial charge in [0.25, 0.3) is 0 Å². The fraction of sp³-hybridized carbons (Fsp3) is 0.190. The van der Waals surface area contributed by atoms with E-state index in [4.69, 9.17) is 0 Å². The Hall–Kier alpha value is -3.22. The van der Waals surface area contributed by atoms with E-state index >= 15 is 0 Å². The molecule has 0 bridgehead atoms. The minimum atomic E-state index is -0.945. The molecule has 4 aromatic rings. The van der Waals surface area contributed by atoms with Crippen molar-refractivity contribution in [3.05, 3.63) is 77.6 Å². The largest absolute Gasteiger partial charge is 0.327 e. The molecule has 0 N–H and O–H groups in total. The molecular weight excluding hydrogens is 365 g/mol. The fourth-order valence-corrected chi connectivity index (χ4v) is 3.42. The third kappa shape index (κ3) is 2.93. The van der Waals surface area contributed by atoms with Crippen molar-refractivity contribution in [2.24, 2.45) is 0 Å². The van der Waals surface area contributed by atoms with Gasteiger partial charge in [-0.15, -0.1) is 0 Å². The maximum atomic E-state index is 14.1. The molecule has 0 unspecified atom stereocenters. The molecule has 7 heteroatoms. The smallest absolute Gasteiger partial charge is 0.161 e. The lowest BCUT2D eigenvalue weighted by Crippen LogP contribution is -2.05. The van der Waals surface area contributed by atoms with Crippen molar-refractivity contribution < 1.29 is 13.2 Å². The zero-order chi connectivity index (χ0) is 19.3. The molecule has 28 heavy (non-hydrogen) atoms. The lowest BCUT2D eigenvalue weighted by Gasteiger charge is -2.07. The van der Waals surface area contributed by atoms with Gasteiger partial charge in [-0.05, 0) is 36.5 Å². The van der Waals surface area contributed by atoms with Crippen LogP contribution >= 0.6 is 0 Å². The van der Waals surface area contributed by atoms with Gasteiger partial charge in [0.1, 0.15) is 23.1 Å². The molecular formula is C21H15F3N4. The van der Waals surface area contributed by atoms with Gasteiger partial charge < -0.3 is 4.57 Å². The molecule has 1 saturated carbocycles. The van der Waals surface area contributed by atoms with Crippen LogP contribution in [0.1, 0.15) is 29.9 Å². The first-order valence-electron chi connectivity index (χ1n) is 9.00. The number of rotatable bonds is 4. The number of hydrogen-bond donors (Lipinski definition) is 0. The van der Waals surface area contributed by atoms with Gasteiger partial charge in [-0.2, -0.15) is 0 Å². The lowest BCUT2D eigenvalue weighted by molar-refractivity contribution is 0.517. The molecule has 1 aliphatic rings. The van der Waals surface area contributed by atoms with E-state index in [-0.39, 0.29) is 12.1 Å². The van der Waals surface area contributed by atoms with Crippen LogP contribution in [0.5, 0.6) is 0 Å². The highest BCUT2D eigenvalue weighted by atomic mass is 19.1. The Balaban J connectivity index is 1.59. The average molecular weight is 380 g/mol. The molecule has 0 spiro atoms. The molecule has 5 rings (SSSR count). The lowest BCUT2D eigenvalue weighted by atomic mass is 10.2. The van der Waals surface area contributed by atoms with Crippen LogP contribution < -0.4 is 0 Å². The van der Waals surface area contributed by atoms with Gasteiger partial charge in [0.2, 0.25) is 0 Å². The third-order valence-electron chi connectivity index (χ3n) is 5.03. The quantitative estimate of drug-likeness (QED) is 0.509. The Labute approximate surface area is 158 Å². The Morgan fingerprint density at radius 3 is 2.39 bits per heavy atom. The number of hydrogen-bond acceptors (Lipinski definition) is 3. The Morgan fingerprint density at radius 2 is 1.71 bits per heavy atom. The zero-order valence-corrected chi connectivity index (χ0v) is 14.7. The second-order valence-electron chi connectivity index (χ2n) is 7.01. The predicted octanol–water partition coefficient (Wildman–Crippen LogP) is 4.84. The van der Waals surface area contributed by atoms with Crippen molar-refractivity contribution in [2.45, 2.75) is 25.3 Å². The molecule has 0 radical (unpaired) electrons. The first-order valence-corrected chi connectivity index (χ1v) is 9.00. The molecule has 0 amide bonds. The van der Waals surface area contributed by atoms with Gasteiger partial charge >= 0.3 is 0 Å². The van der Waals surface area contributed by atoms with E-state index in [2.05, 4.69) is 15.0 Å². The van der Waals surface area contributed by atoms with E-state index in [1.54, 1.807) is 23.0 Å². The molecule has 0 atom stereocenters. The van der Waals surface area contributed by atoms with E-state index in [1.807, 2.05) is 18.5 Å². The van der Waals surface area contributed by atoms with E-state index in [0.717, 1.165) is 16.5 Å². The van der Waals surface area contributed by atoms with Gasteiger partial charge in [-0.1, -0.05) is 0 Å². The van der Waals surface area contributed by atoms with E-state index in [1.165, 1.54) is 12.8 Å². The number of benzene rings is 1.